The molecular formula is C46H93N2O4+. The summed E-state index contributed by atoms with van der Waals surface area (Å²) in [6, 6.07) is 0. The highest BCUT2D eigenvalue weighted by Crippen LogP contribution is 2.17. The van der Waals surface area contributed by atoms with Crippen molar-refractivity contribution < 1.29 is 23.9 Å². The number of unbranched alkanes of at least 4 members (excludes halogenated alkanes) is 30. The molecule has 2 N–H and O–H groups in total. The highest BCUT2D eigenvalue weighted by atomic mass is 16.6. The molecular weight excluding hydrogens is 645 g/mol. The molecule has 2 atom stereocenters. The zero-order chi connectivity index (χ0) is 38.4. The lowest BCUT2D eigenvalue weighted by atomic mass is 10.0. The SMILES string of the molecule is CCCCCCCCCCCCCCCCCCCC(=O)NC(OC(=O)CCCCCCCCCCCCCCCCC)C(O)C[N+](C)(C)CCC. The Hall–Kier alpha value is -1.14. The van der Waals surface area contributed by atoms with Gasteiger partial charge in [0, 0.05) is 12.8 Å². The van der Waals surface area contributed by atoms with Crippen LogP contribution in [0, 0.1) is 0 Å². The van der Waals surface area contributed by atoms with E-state index in [-0.39, 0.29) is 11.9 Å². The third-order valence-corrected chi connectivity index (χ3v) is 10.9. The molecule has 0 aromatic heterocycles. The Labute approximate surface area is 325 Å². The van der Waals surface area contributed by atoms with Crippen LogP contribution >= 0.6 is 0 Å². The molecule has 0 aromatic rings. The van der Waals surface area contributed by atoms with Crippen LogP contribution in [0.3, 0.4) is 0 Å². The standard InChI is InChI=1S/C46H92N2O4/c1-6-9-11-13-15-17-19-21-23-24-26-27-29-31-33-35-37-39-44(50)47-46(43(49)42-48(4,5)41-8-3)52-45(51)40-38-36-34-32-30-28-25-22-20-18-16-14-12-10-7-2/h43,46,49H,6-42H2,1-5H3/p+1. The number of rotatable bonds is 41. The molecule has 0 aliphatic carbocycles. The number of nitrogens with one attached hydrogen (secondary N) is 1. The number of quaternary nitrogens is 1. The van der Waals surface area contributed by atoms with Crippen molar-refractivity contribution in [2.24, 2.45) is 0 Å². The summed E-state index contributed by atoms with van der Waals surface area (Å²) in [5, 5.41) is 14.0. The van der Waals surface area contributed by atoms with Crippen molar-refractivity contribution in [3.63, 3.8) is 0 Å². The molecule has 52 heavy (non-hydrogen) atoms. The van der Waals surface area contributed by atoms with E-state index in [9.17, 15) is 14.7 Å². The molecule has 0 aliphatic heterocycles. The number of aliphatic hydroxyl groups excluding tert-OH is 1. The van der Waals surface area contributed by atoms with Gasteiger partial charge in [-0.3, -0.25) is 9.59 Å². The summed E-state index contributed by atoms with van der Waals surface area (Å²) in [5.41, 5.74) is 0. The molecule has 0 bridgehead atoms. The van der Waals surface area contributed by atoms with Gasteiger partial charge >= 0.3 is 5.97 Å². The van der Waals surface area contributed by atoms with E-state index in [0.717, 1.165) is 51.5 Å². The van der Waals surface area contributed by atoms with E-state index in [0.29, 0.717) is 23.9 Å². The second-order valence-electron chi connectivity index (χ2n) is 17.0. The smallest absolute Gasteiger partial charge is 0.307 e. The Morgan fingerprint density at radius 2 is 0.788 bits per heavy atom. The number of likely N-dealkylation sites (N-methyl/N-ethyl adjacent to an activating group) is 1. The lowest BCUT2D eigenvalue weighted by Gasteiger charge is -2.34. The number of carbonyl (C=O) groups excluding carboxylic acids is 2. The van der Waals surface area contributed by atoms with E-state index < -0.39 is 12.3 Å². The van der Waals surface area contributed by atoms with Crippen LogP contribution < -0.4 is 5.32 Å². The highest BCUT2D eigenvalue weighted by molar-refractivity contribution is 5.76. The zero-order valence-electron chi connectivity index (χ0n) is 35.9. The Bertz CT molecular complexity index is 773. The maximum atomic E-state index is 12.9. The maximum Gasteiger partial charge on any atom is 0.307 e. The molecule has 0 radical (unpaired) electrons. The summed E-state index contributed by atoms with van der Waals surface area (Å²) in [7, 11) is 4.14. The van der Waals surface area contributed by atoms with Crippen LogP contribution in [0.5, 0.6) is 0 Å². The minimum absolute atomic E-state index is 0.134. The summed E-state index contributed by atoms with van der Waals surface area (Å²) in [6.45, 7) is 8.01. The molecule has 6 heteroatoms. The molecule has 2 unspecified atom stereocenters. The first kappa shape index (κ1) is 50.9. The number of hydrogen-bond acceptors (Lipinski definition) is 4. The first-order chi connectivity index (χ1) is 25.3. The van der Waals surface area contributed by atoms with Gasteiger partial charge in [-0.2, -0.15) is 0 Å². The molecule has 0 aromatic carbocycles. The van der Waals surface area contributed by atoms with Gasteiger partial charge in [0.2, 0.25) is 12.1 Å². The van der Waals surface area contributed by atoms with Gasteiger partial charge in [0.15, 0.2) is 6.10 Å². The summed E-state index contributed by atoms with van der Waals surface area (Å²) in [4.78, 5) is 25.7. The summed E-state index contributed by atoms with van der Waals surface area (Å²) in [5.74, 6) is -0.455. The quantitative estimate of drug-likeness (QED) is 0.0283. The lowest BCUT2D eigenvalue weighted by molar-refractivity contribution is -0.893. The second kappa shape index (κ2) is 38.1. The molecule has 0 saturated carbocycles. The van der Waals surface area contributed by atoms with E-state index >= 15 is 0 Å². The normalized spacial score (nSPS) is 13.0. The highest BCUT2D eigenvalue weighted by Gasteiger charge is 2.31. The van der Waals surface area contributed by atoms with Crippen molar-refractivity contribution in [1.82, 2.24) is 5.32 Å². The fourth-order valence-corrected chi connectivity index (χ4v) is 7.59. The fourth-order valence-electron chi connectivity index (χ4n) is 7.59. The summed E-state index contributed by atoms with van der Waals surface area (Å²) < 4.78 is 6.34. The third-order valence-electron chi connectivity index (χ3n) is 10.9. The Balaban J connectivity index is 4.15. The molecule has 6 nitrogen and oxygen atoms in total. The van der Waals surface area contributed by atoms with Crippen molar-refractivity contribution in [3.05, 3.63) is 0 Å². The number of aliphatic hydroxyl groups is 1. The first-order valence-corrected chi connectivity index (χ1v) is 23.2. The monoisotopic (exact) mass is 738 g/mol. The van der Waals surface area contributed by atoms with Crippen molar-refractivity contribution in [1.29, 1.82) is 0 Å². The molecule has 310 valence electrons. The number of ether oxygens (including phenoxy) is 1. The van der Waals surface area contributed by atoms with Crippen molar-refractivity contribution in [2.45, 2.75) is 258 Å². The van der Waals surface area contributed by atoms with Crippen LogP contribution in [0.25, 0.3) is 0 Å². The van der Waals surface area contributed by atoms with Crippen LogP contribution in [-0.2, 0) is 14.3 Å². The zero-order valence-corrected chi connectivity index (χ0v) is 35.9. The Kier molecular flexibility index (Phi) is 37.3. The minimum atomic E-state index is -0.989. The predicted octanol–water partition coefficient (Wildman–Crippen LogP) is 13.1. The number of esters is 1. The van der Waals surface area contributed by atoms with E-state index in [4.69, 9.17) is 4.74 Å². The third kappa shape index (κ3) is 35.9. The summed E-state index contributed by atoms with van der Waals surface area (Å²) >= 11 is 0. The van der Waals surface area contributed by atoms with E-state index in [1.54, 1.807) is 0 Å². The molecule has 0 fully saturated rings. The Morgan fingerprint density at radius 1 is 0.481 bits per heavy atom. The second-order valence-corrected chi connectivity index (χ2v) is 17.0. The maximum absolute atomic E-state index is 12.9. The van der Waals surface area contributed by atoms with Crippen LogP contribution in [0.1, 0.15) is 245 Å². The van der Waals surface area contributed by atoms with E-state index in [1.165, 1.54) is 167 Å². The molecule has 1 amide bonds. The van der Waals surface area contributed by atoms with Gasteiger partial charge in [0.1, 0.15) is 6.54 Å². The van der Waals surface area contributed by atoms with Gasteiger partial charge in [-0.1, -0.05) is 213 Å². The van der Waals surface area contributed by atoms with Crippen LogP contribution in [-0.4, -0.2) is 61.0 Å². The lowest BCUT2D eigenvalue weighted by Crippen LogP contribution is -2.54. The van der Waals surface area contributed by atoms with Gasteiger partial charge in [0.25, 0.3) is 0 Å². The average molecular weight is 738 g/mol. The largest absolute Gasteiger partial charge is 0.439 e. The van der Waals surface area contributed by atoms with Gasteiger partial charge < -0.3 is 19.6 Å². The van der Waals surface area contributed by atoms with Crippen LogP contribution in [0.15, 0.2) is 0 Å². The topological polar surface area (TPSA) is 75.6 Å². The summed E-state index contributed by atoms with van der Waals surface area (Å²) in [6.07, 6.45) is 41.3. The fraction of sp³-hybridized carbons (Fsp3) is 0.957. The van der Waals surface area contributed by atoms with Gasteiger partial charge in [-0.25, -0.2) is 0 Å². The molecule has 0 saturated heterocycles. The van der Waals surface area contributed by atoms with Gasteiger partial charge in [-0.05, 0) is 19.3 Å². The molecule has 0 aliphatic rings. The number of carbonyl (C=O) groups is 2. The van der Waals surface area contributed by atoms with Crippen LogP contribution in [0.4, 0.5) is 0 Å². The van der Waals surface area contributed by atoms with Crippen molar-refractivity contribution >= 4 is 11.9 Å². The van der Waals surface area contributed by atoms with Gasteiger partial charge in [-0.15, -0.1) is 0 Å². The number of nitrogens with zero attached hydrogens (tertiary/aromatic N) is 1. The van der Waals surface area contributed by atoms with E-state index in [1.807, 2.05) is 0 Å². The predicted molar refractivity (Wildman–Crippen MR) is 224 cm³/mol. The minimum Gasteiger partial charge on any atom is -0.439 e. The molecule has 0 heterocycles. The van der Waals surface area contributed by atoms with Crippen LogP contribution in [0.2, 0.25) is 0 Å². The molecule has 0 rings (SSSR count). The van der Waals surface area contributed by atoms with Gasteiger partial charge in [0.05, 0.1) is 20.6 Å². The number of hydrogen-bond donors (Lipinski definition) is 2. The average Bonchev–Trinajstić information content (AvgIpc) is 3.10. The number of amides is 1. The first-order valence-electron chi connectivity index (χ1n) is 23.2. The van der Waals surface area contributed by atoms with Crippen molar-refractivity contribution in [3.8, 4) is 0 Å². The molecule has 0 spiro atoms. The Morgan fingerprint density at radius 3 is 1.12 bits per heavy atom. The van der Waals surface area contributed by atoms with Crippen molar-refractivity contribution in [2.75, 3.05) is 27.2 Å². The van der Waals surface area contributed by atoms with E-state index in [2.05, 4.69) is 40.2 Å².